The van der Waals surface area contributed by atoms with Crippen molar-refractivity contribution in [1.29, 1.82) is 5.26 Å². The molecule has 0 aliphatic heterocycles. The quantitative estimate of drug-likeness (QED) is 0.798. The van der Waals surface area contributed by atoms with E-state index in [0.29, 0.717) is 12.5 Å². The highest BCUT2D eigenvalue weighted by Gasteiger charge is 2.09. The van der Waals surface area contributed by atoms with Gasteiger partial charge in [0, 0.05) is 6.42 Å². The molecule has 3 nitrogen and oxygen atoms in total. The number of benzene rings is 1. The summed E-state index contributed by atoms with van der Waals surface area (Å²) in [5.41, 5.74) is 2.22. The molecule has 0 radical (unpaired) electrons. The Morgan fingerprint density at radius 1 is 1.29 bits per heavy atom. The van der Waals surface area contributed by atoms with Crippen LogP contribution in [-0.2, 0) is 12.8 Å². The molecule has 2 aromatic rings. The molecule has 0 aliphatic rings. The van der Waals surface area contributed by atoms with Crippen LogP contribution in [0.4, 0.5) is 0 Å². The molecule has 4 heteroatoms. The Hall–Kier alpha value is -1.86. The van der Waals surface area contributed by atoms with Gasteiger partial charge in [0.15, 0.2) is 0 Å². The third-order valence-corrected chi connectivity index (χ3v) is 4.37. The van der Waals surface area contributed by atoms with Crippen LogP contribution in [0.25, 0.3) is 0 Å². The van der Waals surface area contributed by atoms with Gasteiger partial charge in [-0.25, -0.2) is 4.98 Å². The zero-order valence-corrected chi connectivity index (χ0v) is 13.5. The standard InChI is InChI=1S/C17H20N2OS/c1-4-15-16(11-18)21-17(19-15)9-10-20-14-7-5-13(6-8-14)12(2)3/h5-8,12H,4,9-10H2,1-3H3. The van der Waals surface area contributed by atoms with Gasteiger partial charge in [0.05, 0.1) is 17.3 Å². The maximum atomic E-state index is 9.03. The fourth-order valence-corrected chi connectivity index (χ4v) is 2.97. The van der Waals surface area contributed by atoms with E-state index in [-0.39, 0.29) is 0 Å². The predicted molar refractivity (Wildman–Crippen MR) is 85.9 cm³/mol. The number of hydrogen-bond acceptors (Lipinski definition) is 4. The number of aryl methyl sites for hydroxylation is 1. The summed E-state index contributed by atoms with van der Waals surface area (Å²) >= 11 is 1.47. The van der Waals surface area contributed by atoms with Crippen molar-refractivity contribution in [3.63, 3.8) is 0 Å². The van der Waals surface area contributed by atoms with Gasteiger partial charge in [-0.05, 0) is 30.0 Å². The lowest BCUT2D eigenvalue weighted by Gasteiger charge is -2.08. The molecule has 0 atom stereocenters. The average molecular weight is 300 g/mol. The van der Waals surface area contributed by atoms with Gasteiger partial charge in [-0.15, -0.1) is 11.3 Å². The molecular formula is C17H20N2OS. The van der Waals surface area contributed by atoms with Crippen molar-refractivity contribution in [1.82, 2.24) is 4.98 Å². The van der Waals surface area contributed by atoms with Gasteiger partial charge < -0.3 is 4.74 Å². The van der Waals surface area contributed by atoms with Crippen LogP contribution in [0.3, 0.4) is 0 Å². The molecule has 21 heavy (non-hydrogen) atoms. The van der Waals surface area contributed by atoms with Crippen LogP contribution in [0.15, 0.2) is 24.3 Å². The topological polar surface area (TPSA) is 45.9 Å². The van der Waals surface area contributed by atoms with E-state index in [9.17, 15) is 0 Å². The van der Waals surface area contributed by atoms with E-state index in [1.807, 2.05) is 19.1 Å². The van der Waals surface area contributed by atoms with E-state index < -0.39 is 0 Å². The highest BCUT2D eigenvalue weighted by molar-refractivity contribution is 7.12. The summed E-state index contributed by atoms with van der Waals surface area (Å²) in [7, 11) is 0. The maximum absolute atomic E-state index is 9.03. The molecule has 0 saturated heterocycles. The van der Waals surface area contributed by atoms with E-state index in [1.165, 1.54) is 16.9 Å². The van der Waals surface area contributed by atoms with Crippen LogP contribution >= 0.6 is 11.3 Å². The van der Waals surface area contributed by atoms with E-state index in [4.69, 9.17) is 10.00 Å². The van der Waals surface area contributed by atoms with Crippen LogP contribution in [0.1, 0.15) is 47.8 Å². The highest BCUT2D eigenvalue weighted by Crippen LogP contribution is 2.20. The van der Waals surface area contributed by atoms with Crippen LogP contribution in [0.2, 0.25) is 0 Å². The summed E-state index contributed by atoms with van der Waals surface area (Å²) in [5, 5.41) is 10.0. The van der Waals surface area contributed by atoms with Gasteiger partial charge in [0.25, 0.3) is 0 Å². The van der Waals surface area contributed by atoms with E-state index in [0.717, 1.165) is 34.2 Å². The Balaban J connectivity index is 1.89. The number of hydrogen-bond donors (Lipinski definition) is 0. The SMILES string of the molecule is CCc1nc(CCOc2ccc(C(C)C)cc2)sc1C#N. The van der Waals surface area contributed by atoms with Gasteiger partial charge >= 0.3 is 0 Å². The first-order valence-electron chi connectivity index (χ1n) is 7.25. The molecule has 0 bridgehead atoms. The van der Waals surface area contributed by atoms with Crippen molar-refractivity contribution in [2.45, 2.75) is 39.5 Å². The third kappa shape index (κ3) is 4.05. The second kappa shape index (κ2) is 7.24. The van der Waals surface area contributed by atoms with Crippen molar-refractivity contribution in [3.05, 3.63) is 45.4 Å². The number of thiazole rings is 1. The lowest BCUT2D eigenvalue weighted by molar-refractivity contribution is 0.321. The van der Waals surface area contributed by atoms with Gasteiger partial charge in [-0.2, -0.15) is 5.26 Å². The summed E-state index contributed by atoms with van der Waals surface area (Å²) in [4.78, 5) is 5.21. The minimum atomic E-state index is 0.534. The van der Waals surface area contributed by atoms with Crippen molar-refractivity contribution >= 4 is 11.3 Å². The van der Waals surface area contributed by atoms with E-state index >= 15 is 0 Å². The molecule has 1 aromatic heterocycles. The third-order valence-electron chi connectivity index (χ3n) is 3.31. The average Bonchev–Trinajstić information content (AvgIpc) is 2.90. The van der Waals surface area contributed by atoms with Crippen LogP contribution in [0.5, 0.6) is 5.75 Å². The largest absolute Gasteiger partial charge is 0.493 e. The summed E-state index contributed by atoms with van der Waals surface area (Å²) in [6, 6.07) is 10.4. The molecule has 0 N–H and O–H groups in total. The molecule has 0 aliphatic carbocycles. The van der Waals surface area contributed by atoms with Crippen molar-refractivity contribution < 1.29 is 4.74 Å². The van der Waals surface area contributed by atoms with Gasteiger partial charge in [0.2, 0.25) is 0 Å². The van der Waals surface area contributed by atoms with Gasteiger partial charge in [-0.1, -0.05) is 32.9 Å². The molecule has 0 unspecified atom stereocenters. The molecule has 1 aromatic carbocycles. The molecule has 2 rings (SSSR count). The minimum absolute atomic E-state index is 0.534. The molecule has 0 spiro atoms. The minimum Gasteiger partial charge on any atom is -0.493 e. The maximum Gasteiger partial charge on any atom is 0.128 e. The van der Waals surface area contributed by atoms with Gasteiger partial charge in [-0.3, -0.25) is 0 Å². The Kier molecular flexibility index (Phi) is 5.35. The fourth-order valence-electron chi connectivity index (χ4n) is 2.04. The number of aromatic nitrogens is 1. The van der Waals surface area contributed by atoms with E-state index in [1.54, 1.807) is 0 Å². The number of rotatable bonds is 6. The normalized spacial score (nSPS) is 10.6. The number of ether oxygens (including phenoxy) is 1. The molecule has 0 amide bonds. The molecule has 0 fully saturated rings. The summed E-state index contributed by atoms with van der Waals surface area (Å²) in [6.45, 7) is 6.96. The van der Waals surface area contributed by atoms with Gasteiger partial charge in [0.1, 0.15) is 16.7 Å². The fraction of sp³-hybridized carbons (Fsp3) is 0.412. The second-order valence-electron chi connectivity index (χ2n) is 5.17. The molecule has 110 valence electrons. The van der Waals surface area contributed by atoms with E-state index in [2.05, 4.69) is 37.0 Å². The predicted octanol–water partition coefficient (Wildman–Crippen LogP) is 4.32. The highest BCUT2D eigenvalue weighted by atomic mass is 32.1. The monoisotopic (exact) mass is 300 g/mol. The first-order chi connectivity index (χ1) is 10.1. The second-order valence-corrected chi connectivity index (χ2v) is 6.25. The zero-order chi connectivity index (χ0) is 15.2. The Morgan fingerprint density at radius 3 is 2.52 bits per heavy atom. The van der Waals surface area contributed by atoms with Crippen LogP contribution in [-0.4, -0.2) is 11.6 Å². The van der Waals surface area contributed by atoms with Crippen molar-refractivity contribution in [2.75, 3.05) is 6.61 Å². The summed E-state index contributed by atoms with van der Waals surface area (Å²) in [6.07, 6.45) is 1.54. The molecule has 0 saturated carbocycles. The number of nitrogens with zero attached hydrogens (tertiary/aromatic N) is 2. The zero-order valence-electron chi connectivity index (χ0n) is 12.7. The first-order valence-corrected chi connectivity index (χ1v) is 8.07. The lowest BCUT2D eigenvalue weighted by Crippen LogP contribution is -2.01. The van der Waals surface area contributed by atoms with Crippen LogP contribution < -0.4 is 4.74 Å². The molecular weight excluding hydrogens is 280 g/mol. The Morgan fingerprint density at radius 2 is 2.00 bits per heavy atom. The van der Waals surface area contributed by atoms with Crippen molar-refractivity contribution in [2.24, 2.45) is 0 Å². The smallest absolute Gasteiger partial charge is 0.128 e. The Bertz CT molecular complexity index is 623. The van der Waals surface area contributed by atoms with Crippen LogP contribution in [0, 0.1) is 11.3 Å². The summed E-state index contributed by atoms with van der Waals surface area (Å²) < 4.78 is 5.74. The van der Waals surface area contributed by atoms with Crippen molar-refractivity contribution in [3.8, 4) is 11.8 Å². The first kappa shape index (κ1) is 15.5. The lowest BCUT2D eigenvalue weighted by atomic mass is 10.0. The Labute approximate surface area is 130 Å². The summed E-state index contributed by atoms with van der Waals surface area (Å²) in [5.74, 6) is 1.42. The molecule has 1 heterocycles. The number of nitriles is 1.